The molecule has 6 heterocycles. The molecule has 0 atom stereocenters. The molecule has 2 saturated carbocycles. The molecular formula is C62H64F2N8O8S2. The highest BCUT2D eigenvalue weighted by Crippen LogP contribution is 2.42. The lowest BCUT2D eigenvalue weighted by Gasteiger charge is -2.22. The number of nitrogens with one attached hydrogen (secondary N) is 1. The number of halogens is 2. The van der Waals surface area contributed by atoms with E-state index in [1.807, 2.05) is 71.9 Å². The number of ether oxygens (including phenoxy) is 5. The van der Waals surface area contributed by atoms with Crippen LogP contribution in [0, 0.1) is 23.5 Å². The summed E-state index contributed by atoms with van der Waals surface area (Å²) in [6.07, 6.45) is 12.6. The van der Waals surface area contributed by atoms with Crippen LogP contribution < -0.4 is 14.8 Å². The fraction of sp³-hybridized carbons (Fsp3) is 0.339. The maximum atomic E-state index is 15.1. The number of hydrogen-bond donors (Lipinski definition) is 1. The molecule has 426 valence electrons. The van der Waals surface area contributed by atoms with E-state index in [1.165, 1.54) is 34.8 Å². The van der Waals surface area contributed by atoms with Crippen molar-refractivity contribution in [1.82, 2.24) is 39.3 Å². The number of amides is 1. The van der Waals surface area contributed by atoms with Gasteiger partial charge in [0.15, 0.2) is 23.1 Å². The number of nitrogens with zero attached hydrogens (tertiary/aromatic N) is 7. The fourth-order valence-corrected chi connectivity index (χ4v) is 11.5. The second-order valence-electron chi connectivity index (χ2n) is 20.6. The number of benzene rings is 3. The van der Waals surface area contributed by atoms with E-state index in [9.17, 15) is 18.8 Å². The number of Topliss-reactive ketones (excluding diaryl/α,β-unsaturated/α-hetero) is 2. The minimum atomic E-state index is -0.521. The maximum absolute atomic E-state index is 15.1. The second-order valence-corrected chi connectivity index (χ2v) is 22.7. The van der Waals surface area contributed by atoms with Crippen LogP contribution in [0.2, 0.25) is 0 Å². The van der Waals surface area contributed by atoms with Gasteiger partial charge in [-0.05, 0) is 90.6 Å². The SMILES string of the molecule is COCCN(Cc1cnc(-c2cc3nccc(Oc4ccc(CC(=O)CC5CC5)cc4F)c3s2)n1C)C(=O)OCc1ccccc1.COCCNCc1cnc(-c2cc3nccc(Oc4ccc(CC(=O)CC5CC5)cc4F)c3s2)n1C. The molecule has 6 aromatic heterocycles. The molecule has 0 aliphatic heterocycles. The monoisotopic (exact) mass is 1150 g/mol. The van der Waals surface area contributed by atoms with Crippen LogP contribution in [0.15, 0.2) is 116 Å². The smallest absolute Gasteiger partial charge is 0.410 e. The van der Waals surface area contributed by atoms with Crippen LogP contribution >= 0.6 is 22.7 Å². The van der Waals surface area contributed by atoms with Crippen LogP contribution in [0.3, 0.4) is 0 Å². The van der Waals surface area contributed by atoms with Crippen molar-refractivity contribution in [1.29, 1.82) is 0 Å². The van der Waals surface area contributed by atoms with Gasteiger partial charge in [-0.15, -0.1) is 22.7 Å². The molecule has 9 aromatic rings. The van der Waals surface area contributed by atoms with E-state index in [1.54, 1.807) is 74.1 Å². The molecule has 0 bridgehead atoms. The zero-order valence-corrected chi connectivity index (χ0v) is 47.8. The van der Waals surface area contributed by atoms with Crippen LogP contribution in [-0.4, -0.2) is 92.2 Å². The molecule has 3 aromatic carbocycles. The van der Waals surface area contributed by atoms with Gasteiger partial charge in [0, 0.05) is 98.2 Å². The van der Waals surface area contributed by atoms with Crippen molar-refractivity contribution in [2.24, 2.45) is 25.9 Å². The zero-order chi connectivity index (χ0) is 57.1. The molecule has 0 radical (unpaired) electrons. The predicted octanol–water partition coefficient (Wildman–Crippen LogP) is 12.6. The molecule has 2 fully saturated rings. The Bertz CT molecular complexity index is 3690. The van der Waals surface area contributed by atoms with Crippen LogP contribution in [0.1, 0.15) is 66.6 Å². The van der Waals surface area contributed by atoms with Gasteiger partial charge in [-0.3, -0.25) is 19.6 Å². The van der Waals surface area contributed by atoms with Crippen LogP contribution in [-0.2, 0) is 70.4 Å². The van der Waals surface area contributed by atoms with Crippen molar-refractivity contribution in [2.75, 3.05) is 40.5 Å². The van der Waals surface area contributed by atoms with E-state index in [2.05, 4.69) is 25.3 Å². The van der Waals surface area contributed by atoms with E-state index in [0.717, 1.165) is 79.7 Å². The number of pyridine rings is 2. The molecule has 1 amide bonds. The number of aromatic nitrogens is 6. The second kappa shape index (κ2) is 26.9. The van der Waals surface area contributed by atoms with E-state index in [0.29, 0.717) is 84.9 Å². The summed E-state index contributed by atoms with van der Waals surface area (Å²) in [4.78, 5) is 59.0. The van der Waals surface area contributed by atoms with Crippen molar-refractivity contribution in [3.8, 4) is 44.4 Å². The minimum Gasteiger partial charge on any atom is -0.453 e. The Balaban J connectivity index is 0.000000189. The number of hydrogen-bond acceptors (Lipinski definition) is 15. The Labute approximate surface area is 482 Å². The van der Waals surface area contributed by atoms with Gasteiger partial charge >= 0.3 is 6.09 Å². The van der Waals surface area contributed by atoms with Crippen molar-refractivity contribution in [2.45, 2.75) is 71.1 Å². The highest BCUT2D eigenvalue weighted by Gasteiger charge is 2.26. The van der Waals surface area contributed by atoms with Crippen molar-refractivity contribution >= 4 is 60.8 Å². The number of methoxy groups -OCH3 is 2. The first-order valence-electron chi connectivity index (χ1n) is 27.3. The number of rotatable bonds is 26. The molecule has 2 aliphatic rings. The molecule has 0 saturated heterocycles. The maximum Gasteiger partial charge on any atom is 0.410 e. The quantitative estimate of drug-likeness (QED) is 0.0508. The predicted molar refractivity (Wildman–Crippen MR) is 311 cm³/mol. The topological polar surface area (TPSA) is 174 Å². The molecule has 20 heteroatoms. The van der Waals surface area contributed by atoms with Gasteiger partial charge in [0.25, 0.3) is 0 Å². The van der Waals surface area contributed by atoms with Crippen LogP contribution in [0.5, 0.6) is 23.0 Å². The molecule has 82 heavy (non-hydrogen) atoms. The summed E-state index contributed by atoms with van der Waals surface area (Å²) in [5.74, 6) is 3.07. The highest BCUT2D eigenvalue weighted by molar-refractivity contribution is 7.22. The largest absolute Gasteiger partial charge is 0.453 e. The number of carbonyl (C=O) groups is 3. The third-order valence-corrected chi connectivity index (χ3v) is 16.5. The Hall–Kier alpha value is -7.75. The third kappa shape index (κ3) is 14.8. The summed E-state index contributed by atoms with van der Waals surface area (Å²) in [7, 11) is 7.14. The first kappa shape index (κ1) is 57.5. The molecule has 1 N–H and O–H groups in total. The molecule has 2 aliphatic carbocycles. The van der Waals surface area contributed by atoms with Gasteiger partial charge in [0.1, 0.15) is 41.3 Å². The minimum absolute atomic E-state index is 0.0791. The third-order valence-electron chi connectivity index (χ3n) is 14.2. The van der Waals surface area contributed by atoms with Crippen LogP contribution in [0.4, 0.5) is 13.6 Å². The van der Waals surface area contributed by atoms with Gasteiger partial charge in [0.2, 0.25) is 0 Å². The lowest BCUT2D eigenvalue weighted by molar-refractivity contribution is -0.119. The molecular weight excluding hydrogens is 1090 g/mol. The normalized spacial score (nSPS) is 13.0. The Morgan fingerprint density at radius 2 is 1.16 bits per heavy atom. The van der Waals surface area contributed by atoms with E-state index in [4.69, 9.17) is 23.7 Å². The Morgan fingerprint density at radius 1 is 0.634 bits per heavy atom. The average Bonchev–Trinajstić information content (AvgIpc) is 4.45. The number of fused-ring (bicyclic) bond motifs is 2. The lowest BCUT2D eigenvalue weighted by atomic mass is 10.0. The van der Waals surface area contributed by atoms with Crippen LogP contribution in [0.25, 0.3) is 41.8 Å². The van der Waals surface area contributed by atoms with Gasteiger partial charge < -0.3 is 43.0 Å². The number of imidazole rings is 2. The summed E-state index contributed by atoms with van der Waals surface area (Å²) >= 11 is 2.94. The highest BCUT2D eigenvalue weighted by atomic mass is 32.1. The molecule has 16 nitrogen and oxygen atoms in total. The van der Waals surface area contributed by atoms with E-state index >= 15 is 4.39 Å². The Morgan fingerprint density at radius 3 is 1.67 bits per heavy atom. The standard InChI is InChI=1S/C35H35FN4O5S.C27H29FN4O3S/c1-39-26(21-40(14-15-43-2)35(42)44-22-24-6-4-3-5-7-24)20-38-34(39)32-19-29-33(46-32)31(12-13-37-29)45-30-11-10-25(18-28(30)36)17-27(41)16-23-8-9-23;1-32-19(15-29-9-10-34-2)16-31-27(32)25-14-22-26(36-25)24(7-8-30-22)35-23-6-5-18(13-21(23)28)12-20(33)11-17-3-4-17/h3-7,10-13,18-20,23H,8-9,14-17,21-22H2,1-2H3;5-8,13-14,16-17,29H,3-4,9-12,15H2,1-2H3. The summed E-state index contributed by atoms with van der Waals surface area (Å²) in [6, 6.07) is 26.3. The van der Waals surface area contributed by atoms with Gasteiger partial charge in [-0.1, -0.05) is 42.5 Å². The summed E-state index contributed by atoms with van der Waals surface area (Å²) in [5, 5.41) is 3.33. The first-order chi connectivity index (χ1) is 39.9. The first-order valence-corrected chi connectivity index (χ1v) is 28.9. The number of ketones is 2. The van der Waals surface area contributed by atoms with Gasteiger partial charge in [-0.2, -0.15) is 0 Å². The molecule has 11 rings (SSSR count). The van der Waals surface area contributed by atoms with Gasteiger partial charge in [-0.25, -0.2) is 23.5 Å². The fourth-order valence-electron chi connectivity index (χ4n) is 9.30. The van der Waals surface area contributed by atoms with Crippen molar-refractivity contribution in [3.63, 3.8) is 0 Å². The van der Waals surface area contributed by atoms with Crippen molar-refractivity contribution < 1.29 is 46.8 Å². The number of carbonyl (C=O) groups excluding carboxylic acids is 3. The Kier molecular flexibility index (Phi) is 18.8. The molecule has 0 unspecified atom stereocenters. The average molecular weight is 1150 g/mol. The summed E-state index contributed by atoms with van der Waals surface area (Å²) in [5.41, 5.74) is 5.54. The summed E-state index contributed by atoms with van der Waals surface area (Å²) < 4.78 is 63.4. The van der Waals surface area contributed by atoms with Gasteiger partial charge in [0.05, 0.1) is 73.7 Å². The van der Waals surface area contributed by atoms with E-state index < -0.39 is 17.7 Å². The molecule has 0 spiro atoms. The number of thiophene rings is 2. The van der Waals surface area contributed by atoms with Crippen molar-refractivity contribution in [3.05, 3.63) is 155 Å². The lowest BCUT2D eigenvalue weighted by Crippen LogP contribution is -2.34. The van der Waals surface area contributed by atoms with E-state index in [-0.39, 0.29) is 49.1 Å². The summed E-state index contributed by atoms with van der Waals surface area (Å²) in [6.45, 7) is 3.26. The zero-order valence-electron chi connectivity index (χ0n) is 46.2.